The quantitative estimate of drug-likeness (QED) is 0.463. The molecule has 0 aliphatic carbocycles. The van der Waals surface area contributed by atoms with Crippen molar-refractivity contribution < 1.29 is 0 Å². The van der Waals surface area contributed by atoms with Gasteiger partial charge in [0.1, 0.15) is 0 Å². The molecule has 0 aromatic rings. The number of hydrogen-bond acceptors (Lipinski definition) is 2. The number of thioether (sulfide) groups is 1. The van der Waals surface area contributed by atoms with Gasteiger partial charge in [0, 0.05) is 18.8 Å². The molecule has 0 heterocycles. The van der Waals surface area contributed by atoms with Crippen LogP contribution in [0.4, 0.5) is 0 Å². The molecule has 1 unspecified atom stereocenters. The van der Waals surface area contributed by atoms with Crippen LogP contribution in [0.2, 0.25) is 0 Å². The normalized spacial score (nSPS) is 12.8. The largest absolute Gasteiger partial charge is 0.312 e. The van der Waals surface area contributed by atoms with Crippen molar-refractivity contribution in [2.24, 2.45) is 5.92 Å². The van der Waals surface area contributed by atoms with Gasteiger partial charge >= 0.3 is 0 Å². The monoisotopic (exact) mass is 187 g/mol. The highest BCUT2D eigenvalue weighted by Gasteiger charge is 1.97. The van der Waals surface area contributed by atoms with Crippen molar-refractivity contribution in [1.29, 1.82) is 0 Å². The Kier molecular flexibility index (Phi) is 9.18. The first kappa shape index (κ1) is 12.0. The maximum Gasteiger partial charge on any atom is 0.0132 e. The predicted octanol–water partition coefficient (Wildman–Crippen LogP) is 2.54. The summed E-state index contributed by atoms with van der Waals surface area (Å²) in [5, 5.41) is 3.29. The topological polar surface area (TPSA) is 12.0 Å². The van der Waals surface area contributed by atoms with Gasteiger partial charge in [0.05, 0.1) is 0 Å². The summed E-state index contributed by atoms with van der Waals surface area (Å²) in [5.74, 6) is 3.39. The van der Waals surface area contributed by atoms with Gasteiger partial charge in [-0.25, -0.2) is 0 Å². The molecule has 1 nitrogen and oxygen atoms in total. The number of nitrogens with one attached hydrogen (secondary N) is 1. The molecule has 0 fully saturated rings. The van der Waals surface area contributed by atoms with Crippen molar-refractivity contribution in [3.8, 4) is 0 Å². The fourth-order valence-corrected chi connectivity index (χ4v) is 1.84. The van der Waals surface area contributed by atoms with E-state index in [0.29, 0.717) is 0 Å². The van der Waals surface area contributed by atoms with Gasteiger partial charge in [0.2, 0.25) is 0 Å². The van der Waals surface area contributed by atoms with Crippen LogP contribution in [0, 0.1) is 5.92 Å². The van der Waals surface area contributed by atoms with Gasteiger partial charge < -0.3 is 5.32 Å². The second-order valence-corrected chi connectivity index (χ2v) is 4.23. The van der Waals surface area contributed by atoms with Gasteiger partial charge in [-0.2, -0.15) is 11.8 Å². The van der Waals surface area contributed by atoms with Gasteiger partial charge in [0.25, 0.3) is 0 Å². The highest BCUT2D eigenvalue weighted by molar-refractivity contribution is 7.99. The van der Waals surface area contributed by atoms with Gasteiger partial charge in [-0.1, -0.05) is 26.3 Å². The summed E-state index contributed by atoms with van der Waals surface area (Å²) in [6, 6.07) is 0. The van der Waals surface area contributed by atoms with E-state index in [1.54, 1.807) is 0 Å². The van der Waals surface area contributed by atoms with Crippen LogP contribution in [0.5, 0.6) is 0 Å². The van der Waals surface area contributed by atoms with E-state index in [1.165, 1.54) is 17.9 Å². The van der Waals surface area contributed by atoms with E-state index in [1.807, 2.05) is 17.8 Å². The Morgan fingerprint density at radius 3 is 2.92 bits per heavy atom. The Bertz CT molecular complexity index is 104. The van der Waals surface area contributed by atoms with Crippen molar-refractivity contribution in [3.63, 3.8) is 0 Å². The molecule has 0 rings (SSSR count). The summed E-state index contributed by atoms with van der Waals surface area (Å²) >= 11 is 2.04. The maximum absolute atomic E-state index is 3.65. The van der Waals surface area contributed by atoms with E-state index in [0.717, 1.165) is 19.0 Å². The Morgan fingerprint density at radius 1 is 1.58 bits per heavy atom. The zero-order valence-corrected chi connectivity index (χ0v) is 9.12. The van der Waals surface area contributed by atoms with Crippen LogP contribution in [0.25, 0.3) is 0 Å². The van der Waals surface area contributed by atoms with Crippen molar-refractivity contribution in [2.75, 3.05) is 24.6 Å². The molecule has 0 radical (unpaired) electrons. The molecule has 72 valence electrons. The molecule has 12 heavy (non-hydrogen) atoms. The minimum atomic E-state index is 0.870. The minimum Gasteiger partial charge on any atom is -0.312 e. The van der Waals surface area contributed by atoms with E-state index in [9.17, 15) is 0 Å². The van der Waals surface area contributed by atoms with E-state index in [4.69, 9.17) is 0 Å². The SMILES string of the molecule is C=CCNCCSCC(C)CC. The average molecular weight is 187 g/mol. The molecule has 0 aliphatic heterocycles. The van der Waals surface area contributed by atoms with Crippen LogP contribution in [0.1, 0.15) is 20.3 Å². The third-order valence-electron chi connectivity index (χ3n) is 1.81. The molecule has 0 saturated carbocycles. The van der Waals surface area contributed by atoms with Crippen LogP contribution in [-0.4, -0.2) is 24.6 Å². The predicted molar refractivity (Wildman–Crippen MR) is 59.8 cm³/mol. The summed E-state index contributed by atoms with van der Waals surface area (Å²) in [6.07, 6.45) is 3.20. The van der Waals surface area contributed by atoms with E-state index in [-0.39, 0.29) is 0 Å². The lowest BCUT2D eigenvalue weighted by molar-refractivity contribution is 0.636. The fourth-order valence-electron chi connectivity index (χ4n) is 0.751. The molecule has 0 bridgehead atoms. The molecule has 0 saturated heterocycles. The van der Waals surface area contributed by atoms with Gasteiger partial charge in [-0.05, 0) is 11.7 Å². The second-order valence-electron chi connectivity index (χ2n) is 3.08. The standard InChI is InChI=1S/C10H21NS/c1-4-6-11-7-8-12-9-10(3)5-2/h4,10-11H,1,5-9H2,2-3H3. The Morgan fingerprint density at radius 2 is 2.33 bits per heavy atom. The van der Waals surface area contributed by atoms with Crippen molar-refractivity contribution in [2.45, 2.75) is 20.3 Å². The van der Waals surface area contributed by atoms with Gasteiger partial charge in [0.15, 0.2) is 0 Å². The maximum atomic E-state index is 3.65. The first-order valence-corrected chi connectivity index (χ1v) is 5.86. The van der Waals surface area contributed by atoms with Crippen molar-refractivity contribution >= 4 is 11.8 Å². The highest BCUT2D eigenvalue weighted by atomic mass is 32.2. The van der Waals surface area contributed by atoms with E-state index in [2.05, 4.69) is 25.7 Å². The Hall–Kier alpha value is 0.0500. The summed E-state index contributed by atoms with van der Waals surface area (Å²) in [5.41, 5.74) is 0. The lowest BCUT2D eigenvalue weighted by Crippen LogP contribution is -2.17. The Balaban J connectivity index is 2.95. The number of hydrogen-bond donors (Lipinski definition) is 1. The highest BCUT2D eigenvalue weighted by Crippen LogP contribution is 2.09. The minimum absolute atomic E-state index is 0.870. The lowest BCUT2D eigenvalue weighted by atomic mass is 10.2. The first-order valence-electron chi connectivity index (χ1n) is 4.70. The zero-order chi connectivity index (χ0) is 9.23. The van der Waals surface area contributed by atoms with Crippen LogP contribution in [-0.2, 0) is 0 Å². The first-order chi connectivity index (χ1) is 5.81. The smallest absolute Gasteiger partial charge is 0.0132 e. The fraction of sp³-hybridized carbons (Fsp3) is 0.800. The van der Waals surface area contributed by atoms with E-state index < -0.39 is 0 Å². The molecule has 0 spiro atoms. The zero-order valence-electron chi connectivity index (χ0n) is 8.31. The summed E-state index contributed by atoms with van der Waals surface area (Å²) in [6.45, 7) is 10.3. The number of rotatable bonds is 8. The molecule has 0 aromatic heterocycles. The van der Waals surface area contributed by atoms with Crippen molar-refractivity contribution in [3.05, 3.63) is 12.7 Å². The van der Waals surface area contributed by atoms with Crippen LogP contribution in [0.3, 0.4) is 0 Å². The third-order valence-corrected chi connectivity index (χ3v) is 3.11. The third kappa shape index (κ3) is 8.15. The average Bonchev–Trinajstić information content (AvgIpc) is 2.10. The van der Waals surface area contributed by atoms with Crippen LogP contribution >= 0.6 is 11.8 Å². The van der Waals surface area contributed by atoms with Crippen LogP contribution in [0.15, 0.2) is 12.7 Å². The molecule has 1 N–H and O–H groups in total. The summed E-state index contributed by atoms with van der Waals surface area (Å²) in [7, 11) is 0. The summed E-state index contributed by atoms with van der Waals surface area (Å²) < 4.78 is 0. The molecular formula is C10H21NS. The Labute approximate surface area is 81.0 Å². The molecule has 0 aromatic carbocycles. The summed E-state index contributed by atoms with van der Waals surface area (Å²) in [4.78, 5) is 0. The van der Waals surface area contributed by atoms with E-state index >= 15 is 0 Å². The lowest BCUT2D eigenvalue weighted by Gasteiger charge is -2.07. The van der Waals surface area contributed by atoms with Crippen molar-refractivity contribution in [1.82, 2.24) is 5.32 Å². The van der Waals surface area contributed by atoms with Gasteiger partial charge in [-0.3, -0.25) is 0 Å². The molecular weight excluding hydrogens is 166 g/mol. The molecule has 0 amide bonds. The molecule has 1 atom stereocenters. The van der Waals surface area contributed by atoms with Crippen LogP contribution < -0.4 is 5.32 Å². The molecule has 2 heteroatoms. The van der Waals surface area contributed by atoms with Gasteiger partial charge in [-0.15, -0.1) is 6.58 Å². The molecule has 0 aliphatic rings. The second kappa shape index (κ2) is 9.14.